The van der Waals surface area contributed by atoms with Gasteiger partial charge in [-0.1, -0.05) is 49.7 Å². The van der Waals surface area contributed by atoms with Crippen LogP contribution >= 0.6 is 0 Å². The SMILES string of the molecule is CCCCN(C)CCc1ccc2c(c1)NCC(c1ccccc1)O2. The molecule has 3 nitrogen and oxygen atoms in total. The van der Waals surface area contributed by atoms with E-state index in [2.05, 4.69) is 66.7 Å². The zero-order chi connectivity index (χ0) is 16.8. The lowest BCUT2D eigenvalue weighted by Gasteiger charge is -2.28. The van der Waals surface area contributed by atoms with Gasteiger partial charge in [0.25, 0.3) is 0 Å². The molecule has 1 N–H and O–H groups in total. The van der Waals surface area contributed by atoms with Gasteiger partial charge in [0.2, 0.25) is 0 Å². The lowest BCUT2D eigenvalue weighted by atomic mass is 10.1. The van der Waals surface area contributed by atoms with Gasteiger partial charge in [0.05, 0.1) is 12.2 Å². The second kappa shape index (κ2) is 8.20. The minimum Gasteiger partial charge on any atom is -0.482 e. The molecule has 0 aliphatic carbocycles. The highest BCUT2D eigenvalue weighted by molar-refractivity contribution is 5.60. The van der Waals surface area contributed by atoms with E-state index in [9.17, 15) is 0 Å². The van der Waals surface area contributed by atoms with E-state index in [0.717, 1.165) is 30.9 Å². The number of likely N-dealkylation sites (N-methyl/N-ethyl adjacent to an activating group) is 1. The molecule has 0 radical (unpaired) electrons. The maximum Gasteiger partial charge on any atom is 0.143 e. The standard InChI is InChI=1S/C21H28N2O/c1-3-4-13-23(2)14-12-17-10-11-20-19(15-17)22-16-21(24-20)18-8-6-5-7-9-18/h5-11,15,21-22H,3-4,12-14,16H2,1-2H3. The molecule has 0 fully saturated rings. The molecule has 24 heavy (non-hydrogen) atoms. The Morgan fingerprint density at radius 1 is 1.12 bits per heavy atom. The molecule has 128 valence electrons. The van der Waals surface area contributed by atoms with E-state index in [-0.39, 0.29) is 6.10 Å². The Bertz CT molecular complexity index is 642. The number of anilines is 1. The average Bonchev–Trinajstić information content (AvgIpc) is 2.64. The van der Waals surface area contributed by atoms with Crippen molar-refractivity contribution in [1.29, 1.82) is 0 Å². The molecular weight excluding hydrogens is 296 g/mol. The van der Waals surface area contributed by atoms with Crippen LogP contribution in [-0.2, 0) is 6.42 Å². The first-order valence-corrected chi connectivity index (χ1v) is 9.03. The van der Waals surface area contributed by atoms with E-state index in [1.807, 2.05) is 6.07 Å². The molecule has 1 unspecified atom stereocenters. The summed E-state index contributed by atoms with van der Waals surface area (Å²) in [5.74, 6) is 0.957. The first-order valence-electron chi connectivity index (χ1n) is 9.03. The average molecular weight is 324 g/mol. The smallest absolute Gasteiger partial charge is 0.143 e. The van der Waals surface area contributed by atoms with Crippen LogP contribution in [0.25, 0.3) is 0 Å². The van der Waals surface area contributed by atoms with Crippen molar-refractivity contribution >= 4 is 5.69 Å². The molecule has 0 spiro atoms. The van der Waals surface area contributed by atoms with E-state index < -0.39 is 0 Å². The molecule has 0 saturated carbocycles. The lowest BCUT2D eigenvalue weighted by Crippen LogP contribution is -2.24. The van der Waals surface area contributed by atoms with Gasteiger partial charge in [0.15, 0.2) is 0 Å². The van der Waals surface area contributed by atoms with Crippen molar-refractivity contribution in [3.05, 3.63) is 59.7 Å². The van der Waals surface area contributed by atoms with Crippen molar-refractivity contribution in [3.8, 4) is 5.75 Å². The van der Waals surface area contributed by atoms with Gasteiger partial charge in [0, 0.05) is 6.54 Å². The number of rotatable bonds is 7. The predicted molar refractivity (Wildman–Crippen MR) is 101 cm³/mol. The lowest BCUT2D eigenvalue weighted by molar-refractivity contribution is 0.210. The monoisotopic (exact) mass is 324 g/mol. The second-order valence-electron chi connectivity index (χ2n) is 6.64. The van der Waals surface area contributed by atoms with Gasteiger partial charge in [-0.15, -0.1) is 0 Å². The molecule has 1 heterocycles. The minimum absolute atomic E-state index is 0.0877. The van der Waals surface area contributed by atoms with Crippen LogP contribution in [0.2, 0.25) is 0 Å². The number of ether oxygens (including phenoxy) is 1. The summed E-state index contributed by atoms with van der Waals surface area (Å²) in [5, 5.41) is 3.53. The molecular formula is C21H28N2O. The van der Waals surface area contributed by atoms with Gasteiger partial charge in [-0.2, -0.15) is 0 Å². The van der Waals surface area contributed by atoms with E-state index in [1.54, 1.807) is 0 Å². The van der Waals surface area contributed by atoms with Gasteiger partial charge in [-0.25, -0.2) is 0 Å². The Kier molecular flexibility index (Phi) is 5.76. The molecule has 0 amide bonds. The molecule has 2 aromatic rings. The van der Waals surface area contributed by atoms with Crippen LogP contribution in [0.3, 0.4) is 0 Å². The number of hydrogen-bond donors (Lipinski definition) is 1. The van der Waals surface area contributed by atoms with Crippen LogP contribution < -0.4 is 10.1 Å². The minimum atomic E-state index is 0.0877. The molecule has 3 rings (SSSR count). The van der Waals surface area contributed by atoms with Crippen molar-refractivity contribution in [2.24, 2.45) is 0 Å². The first kappa shape index (κ1) is 16.8. The number of benzene rings is 2. The van der Waals surface area contributed by atoms with E-state index in [4.69, 9.17) is 4.74 Å². The number of unbranched alkanes of at least 4 members (excludes halogenated alkanes) is 1. The normalized spacial score (nSPS) is 16.4. The summed E-state index contributed by atoms with van der Waals surface area (Å²) in [6, 6.07) is 17.0. The molecule has 1 aliphatic heterocycles. The maximum atomic E-state index is 6.18. The van der Waals surface area contributed by atoms with Crippen LogP contribution in [-0.4, -0.2) is 31.6 Å². The maximum absolute atomic E-state index is 6.18. The molecule has 2 aromatic carbocycles. The summed E-state index contributed by atoms with van der Waals surface area (Å²) in [4.78, 5) is 2.41. The van der Waals surface area contributed by atoms with Crippen molar-refractivity contribution in [3.63, 3.8) is 0 Å². The Balaban J connectivity index is 1.59. The van der Waals surface area contributed by atoms with Crippen LogP contribution in [0.5, 0.6) is 5.75 Å². The summed E-state index contributed by atoms with van der Waals surface area (Å²) in [5.41, 5.74) is 3.71. The third-order valence-electron chi connectivity index (χ3n) is 4.64. The fraction of sp³-hybridized carbons (Fsp3) is 0.429. The van der Waals surface area contributed by atoms with E-state index in [0.29, 0.717) is 0 Å². The molecule has 0 bridgehead atoms. The summed E-state index contributed by atoms with van der Waals surface area (Å²) in [6.07, 6.45) is 3.70. The fourth-order valence-electron chi connectivity index (χ4n) is 3.08. The fourth-order valence-corrected chi connectivity index (χ4v) is 3.08. The first-order chi connectivity index (χ1) is 11.8. The number of fused-ring (bicyclic) bond motifs is 1. The topological polar surface area (TPSA) is 24.5 Å². The van der Waals surface area contributed by atoms with Gasteiger partial charge in [-0.3, -0.25) is 0 Å². The summed E-state index contributed by atoms with van der Waals surface area (Å²) in [7, 11) is 2.21. The van der Waals surface area contributed by atoms with Crippen LogP contribution in [0, 0.1) is 0 Å². The van der Waals surface area contributed by atoms with Gasteiger partial charge >= 0.3 is 0 Å². The Morgan fingerprint density at radius 2 is 1.96 bits per heavy atom. The van der Waals surface area contributed by atoms with Gasteiger partial charge in [-0.05, 0) is 49.7 Å². The third kappa shape index (κ3) is 4.30. The predicted octanol–water partition coefficient (Wildman–Crippen LogP) is 4.51. The molecule has 3 heteroatoms. The van der Waals surface area contributed by atoms with Crippen molar-refractivity contribution in [1.82, 2.24) is 4.90 Å². The summed E-state index contributed by atoms with van der Waals surface area (Å²) < 4.78 is 6.18. The Labute approximate surface area is 145 Å². The third-order valence-corrected chi connectivity index (χ3v) is 4.64. The summed E-state index contributed by atoms with van der Waals surface area (Å²) >= 11 is 0. The van der Waals surface area contributed by atoms with Crippen molar-refractivity contribution in [2.75, 3.05) is 32.0 Å². The van der Waals surface area contributed by atoms with Crippen LogP contribution in [0.1, 0.15) is 37.0 Å². The molecule has 0 aromatic heterocycles. The van der Waals surface area contributed by atoms with Crippen molar-refractivity contribution in [2.45, 2.75) is 32.3 Å². The molecule has 1 atom stereocenters. The number of nitrogens with one attached hydrogen (secondary N) is 1. The highest BCUT2D eigenvalue weighted by Gasteiger charge is 2.20. The zero-order valence-electron chi connectivity index (χ0n) is 14.8. The van der Waals surface area contributed by atoms with Crippen molar-refractivity contribution < 1.29 is 4.74 Å². The van der Waals surface area contributed by atoms with Crippen LogP contribution in [0.15, 0.2) is 48.5 Å². The number of hydrogen-bond acceptors (Lipinski definition) is 3. The van der Waals surface area contributed by atoms with Gasteiger partial charge in [0.1, 0.15) is 11.9 Å². The zero-order valence-corrected chi connectivity index (χ0v) is 14.8. The van der Waals surface area contributed by atoms with E-state index >= 15 is 0 Å². The Morgan fingerprint density at radius 3 is 2.75 bits per heavy atom. The molecule has 0 saturated heterocycles. The second-order valence-corrected chi connectivity index (χ2v) is 6.64. The highest BCUT2D eigenvalue weighted by atomic mass is 16.5. The highest BCUT2D eigenvalue weighted by Crippen LogP contribution is 2.34. The Hall–Kier alpha value is -2.00. The number of nitrogens with zero attached hydrogens (tertiary/aromatic N) is 1. The largest absolute Gasteiger partial charge is 0.482 e. The van der Waals surface area contributed by atoms with E-state index in [1.165, 1.54) is 30.5 Å². The van der Waals surface area contributed by atoms with Crippen LogP contribution in [0.4, 0.5) is 5.69 Å². The quantitative estimate of drug-likeness (QED) is 0.811. The molecule has 1 aliphatic rings. The van der Waals surface area contributed by atoms with Gasteiger partial charge < -0.3 is 15.0 Å². The summed E-state index contributed by atoms with van der Waals surface area (Å²) in [6.45, 7) is 5.34.